The summed E-state index contributed by atoms with van der Waals surface area (Å²) in [6.45, 7) is 2.40. The maximum absolute atomic E-state index is 8.63. The molecule has 3 aromatic carbocycles. The number of aliphatic hydroxyl groups is 1. The Morgan fingerprint density at radius 1 is 0.556 bits per heavy atom. The number of aromatic hydroxyl groups is 3. The number of unbranched alkanes of at least 4 members (excludes halogenated alkanes) is 1. The van der Waals surface area contributed by atoms with Gasteiger partial charge >= 0.3 is 0 Å². The zero-order valence-corrected chi connectivity index (χ0v) is 18.4. The van der Waals surface area contributed by atoms with Crippen LogP contribution in [0.2, 0.25) is 0 Å². The van der Waals surface area contributed by atoms with Crippen LogP contribution in [0.3, 0.4) is 0 Å². The summed E-state index contributed by atoms with van der Waals surface area (Å²) in [6, 6.07) is 26.1. The van der Waals surface area contributed by atoms with E-state index in [0.29, 0.717) is 23.9 Å². The van der Waals surface area contributed by atoms with Gasteiger partial charge in [0.05, 0.1) is 0 Å². The van der Waals surface area contributed by atoms with Crippen LogP contribution in [0.15, 0.2) is 91.0 Å². The molecule has 4 N–H and O–H groups in total. The van der Waals surface area contributed by atoms with Gasteiger partial charge in [0.25, 0.3) is 0 Å². The summed E-state index contributed by atoms with van der Waals surface area (Å²) < 4.78 is 0. The average molecular weight is 475 g/mol. The molecule has 144 valence electrons. The third kappa shape index (κ3) is 20.0. The number of phenols is 3. The van der Waals surface area contributed by atoms with Gasteiger partial charge in [-0.25, -0.2) is 0 Å². The van der Waals surface area contributed by atoms with Gasteiger partial charge in [-0.15, -0.1) is 0 Å². The van der Waals surface area contributed by atoms with Crippen LogP contribution < -0.4 is 0 Å². The molecule has 0 saturated carbocycles. The van der Waals surface area contributed by atoms with Gasteiger partial charge in [-0.3, -0.25) is 0 Å². The Labute approximate surface area is 178 Å². The Bertz CT molecular complexity index is 543. The van der Waals surface area contributed by atoms with Crippen molar-refractivity contribution in [1.82, 2.24) is 0 Å². The van der Waals surface area contributed by atoms with Crippen LogP contribution >= 0.6 is 0 Å². The molecule has 0 aliphatic carbocycles. The summed E-state index contributed by atoms with van der Waals surface area (Å²) in [5.41, 5.74) is 0. The van der Waals surface area contributed by atoms with Crippen LogP contribution in [-0.2, 0) is 0 Å². The number of para-hydroxylation sites is 3. The van der Waals surface area contributed by atoms with Gasteiger partial charge in [-0.1, -0.05) is 67.9 Å². The fraction of sp³-hybridized carbons (Fsp3) is 0.182. The molecule has 0 aliphatic rings. The first kappa shape index (κ1) is 27.0. The van der Waals surface area contributed by atoms with Gasteiger partial charge < -0.3 is 20.4 Å². The summed E-state index contributed by atoms with van der Waals surface area (Å²) in [4.78, 5) is 0. The van der Waals surface area contributed by atoms with Crippen molar-refractivity contribution in [2.75, 3.05) is 6.61 Å². The van der Waals surface area contributed by atoms with Gasteiger partial charge in [0, 0.05) is 30.5 Å². The number of hydrogen-bond acceptors (Lipinski definition) is 4. The number of hydrogen-bond donors (Lipinski definition) is 4. The Morgan fingerprint density at radius 2 is 0.815 bits per heavy atom. The van der Waals surface area contributed by atoms with Crippen LogP contribution in [0.25, 0.3) is 0 Å². The summed E-state index contributed by atoms with van der Waals surface area (Å²) in [5, 5.41) is 34.0. The van der Waals surface area contributed by atoms with Gasteiger partial charge in [0.2, 0.25) is 0 Å². The first-order valence-electron chi connectivity index (χ1n) is 8.43. The first-order valence-corrected chi connectivity index (χ1v) is 8.43. The van der Waals surface area contributed by atoms with Gasteiger partial charge in [0.1, 0.15) is 17.2 Å². The molecule has 0 spiro atoms. The third-order valence-corrected chi connectivity index (χ3v) is 2.78. The topological polar surface area (TPSA) is 80.9 Å². The Kier molecular flexibility index (Phi) is 20.2. The second-order valence-corrected chi connectivity index (χ2v) is 5.08. The minimum Gasteiger partial charge on any atom is -0.508 e. The fourth-order valence-electron chi connectivity index (χ4n) is 1.44. The van der Waals surface area contributed by atoms with E-state index in [0.717, 1.165) is 12.8 Å². The van der Waals surface area contributed by atoms with E-state index in [1.54, 1.807) is 72.8 Å². The van der Waals surface area contributed by atoms with E-state index in [1.165, 1.54) is 0 Å². The van der Waals surface area contributed by atoms with Crippen molar-refractivity contribution in [2.45, 2.75) is 19.8 Å². The molecular formula is C22H28O4Sn. The minimum absolute atomic E-state index is 0. The number of phenolic OH excluding ortho intramolecular Hbond substituents is 3. The van der Waals surface area contributed by atoms with Crippen LogP contribution in [0.4, 0.5) is 0 Å². The molecule has 0 bridgehead atoms. The van der Waals surface area contributed by atoms with Crippen LogP contribution in [0.1, 0.15) is 19.8 Å². The Morgan fingerprint density at radius 3 is 0.889 bits per heavy atom. The Hall–Kier alpha value is -2.18. The smallest absolute Gasteiger partial charge is 0.115 e. The van der Waals surface area contributed by atoms with Crippen molar-refractivity contribution in [3.63, 3.8) is 0 Å². The van der Waals surface area contributed by atoms with E-state index in [1.807, 2.05) is 18.2 Å². The van der Waals surface area contributed by atoms with Crippen molar-refractivity contribution < 1.29 is 20.4 Å². The second-order valence-electron chi connectivity index (χ2n) is 5.08. The standard InChI is InChI=1S/3C6H6O.C4H10O.Sn/c3*7-6-4-2-1-3-5-6;1-2-3-4-5;/h3*1-5,7H;5H,2-4H2,1H3;. The van der Waals surface area contributed by atoms with Gasteiger partial charge in [-0.05, 0) is 42.8 Å². The monoisotopic (exact) mass is 476 g/mol. The SMILES string of the molecule is CCCCO.Oc1ccccc1.Oc1ccccc1.Oc1ccccc1.[Sn]. The molecular weight excluding hydrogens is 447 g/mol. The first-order chi connectivity index (χ1) is 12.6. The van der Waals surface area contributed by atoms with Crippen molar-refractivity contribution in [3.05, 3.63) is 91.0 Å². The molecule has 0 unspecified atom stereocenters. The molecule has 27 heavy (non-hydrogen) atoms. The second kappa shape index (κ2) is 20.1. The molecule has 3 aromatic rings. The molecule has 4 nitrogen and oxygen atoms in total. The van der Waals surface area contributed by atoms with E-state index in [-0.39, 0.29) is 23.9 Å². The molecule has 0 aromatic heterocycles. The van der Waals surface area contributed by atoms with E-state index in [4.69, 9.17) is 20.4 Å². The van der Waals surface area contributed by atoms with Crippen molar-refractivity contribution in [2.24, 2.45) is 0 Å². The molecule has 5 heteroatoms. The molecule has 0 saturated heterocycles. The van der Waals surface area contributed by atoms with Crippen molar-refractivity contribution in [1.29, 1.82) is 0 Å². The quantitative estimate of drug-likeness (QED) is 0.410. The summed E-state index contributed by atoms with van der Waals surface area (Å²) >= 11 is 0. The average Bonchev–Trinajstić information content (AvgIpc) is 2.66. The molecule has 0 fully saturated rings. The van der Waals surface area contributed by atoms with Crippen LogP contribution in [0.5, 0.6) is 17.2 Å². The normalized spacial score (nSPS) is 8.22. The zero-order valence-electron chi connectivity index (χ0n) is 15.6. The van der Waals surface area contributed by atoms with E-state index in [9.17, 15) is 0 Å². The maximum Gasteiger partial charge on any atom is 0.115 e. The number of rotatable bonds is 2. The molecule has 0 amide bonds. The van der Waals surface area contributed by atoms with Crippen LogP contribution in [-0.4, -0.2) is 50.9 Å². The van der Waals surface area contributed by atoms with Gasteiger partial charge in [-0.2, -0.15) is 0 Å². The number of aliphatic hydroxyl groups excluding tert-OH is 1. The molecule has 0 atom stereocenters. The fourth-order valence-corrected chi connectivity index (χ4v) is 1.44. The summed E-state index contributed by atoms with van der Waals surface area (Å²) in [6.07, 6.45) is 2.04. The van der Waals surface area contributed by atoms with E-state index < -0.39 is 0 Å². The van der Waals surface area contributed by atoms with Crippen molar-refractivity contribution in [3.8, 4) is 17.2 Å². The molecule has 0 aliphatic heterocycles. The van der Waals surface area contributed by atoms with Crippen molar-refractivity contribution >= 4 is 23.9 Å². The largest absolute Gasteiger partial charge is 0.508 e. The maximum atomic E-state index is 8.63. The molecule has 4 radical (unpaired) electrons. The van der Waals surface area contributed by atoms with E-state index in [2.05, 4.69) is 6.92 Å². The van der Waals surface area contributed by atoms with Gasteiger partial charge in [0.15, 0.2) is 0 Å². The number of benzene rings is 3. The molecule has 0 heterocycles. The third-order valence-electron chi connectivity index (χ3n) is 2.78. The predicted molar refractivity (Wildman–Crippen MR) is 112 cm³/mol. The van der Waals surface area contributed by atoms with E-state index >= 15 is 0 Å². The summed E-state index contributed by atoms with van der Waals surface area (Å²) in [7, 11) is 0. The minimum atomic E-state index is 0. The predicted octanol–water partition coefficient (Wildman–Crippen LogP) is 4.57. The Balaban J connectivity index is 0. The van der Waals surface area contributed by atoms with Crippen LogP contribution in [0, 0.1) is 0 Å². The molecule has 3 rings (SSSR count). The summed E-state index contributed by atoms with van der Waals surface area (Å²) in [5.74, 6) is 0.965. The zero-order chi connectivity index (χ0) is 19.5.